The van der Waals surface area contributed by atoms with Gasteiger partial charge in [0.05, 0.1) is 5.56 Å². The average Bonchev–Trinajstić information content (AvgIpc) is 2.67. The Kier molecular flexibility index (Phi) is 6.36. The molecule has 3 rings (SSSR count). The first-order chi connectivity index (χ1) is 12.3. The Hall–Kier alpha value is -1.98. The third-order valence-electron chi connectivity index (χ3n) is 4.95. The molecule has 25 heavy (non-hydrogen) atoms. The second-order valence-corrected chi connectivity index (χ2v) is 6.84. The van der Waals surface area contributed by atoms with E-state index in [0.717, 1.165) is 44.5 Å². The Labute approximate surface area is 148 Å². The Balaban J connectivity index is 1.53. The van der Waals surface area contributed by atoms with E-state index in [1.807, 2.05) is 30.3 Å². The average molecular weight is 341 g/mol. The number of unbranched alkanes of at least 4 members (excludes halogenated alkanes) is 1. The van der Waals surface area contributed by atoms with Crippen LogP contribution in [0.25, 0.3) is 11.1 Å². The Morgan fingerprint density at radius 2 is 1.92 bits per heavy atom. The van der Waals surface area contributed by atoms with E-state index >= 15 is 0 Å². The second kappa shape index (κ2) is 8.92. The van der Waals surface area contributed by atoms with Gasteiger partial charge < -0.3 is 10.0 Å². The van der Waals surface area contributed by atoms with Gasteiger partial charge in [0.25, 0.3) is 5.56 Å². The maximum absolute atomic E-state index is 12.6. The highest BCUT2D eigenvalue weighted by atomic mass is 16.3. The van der Waals surface area contributed by atoms with Gasteiger partial charge in [-0.25, -0.2) is 4.68 Å². The first-order valence-electron chi connectivity index (χ1n) is 9.22. The molecule has 2 heterocycles. The lowest BCUT2D eigenvalue weighted by molar-refractivity contribution is 0.119. The molecule has 1 atom stereocenters. The van der Waals surface area contributed by atoms with E-state index < -0.39 is 0 Å². The van der Waals surface area contributed by atoms with Crippen LogP contribution in [0.2, 0.25) is 0 Å². The maximum Gasteiger partial charge on any atom is 0.274 e. The molecular weight excluding hydrogens is 314 g/mol. The summed E-state index contributed by atoms with van der Waals surface area (Å²) >= 11 is 0. The maximum atomic E-state index is 12.6. The highest BCUT2D eigenvalue weighted by molar-refractivity contribution is 5.61. The van der Waals surface area contributed by atoms with Crippen molar-refractivity contribution in [2.24, 2.45) is 5.92 Å². The van der Waals surface area contributed by atoms with Crippen LogP contribution in [0.15, 0.2) is 47.4 Å². The molecule has 1 aromatic carbocycles. The number of nitrogens with zero attached hydrogens (tertiary/aromatic N) is 3. The number of hydrogen-bond acceptors (Lipinski definition) is 4. The van der Waals surface area contributed by atoms with E-state index in [1.54, 1.807) is 16.9 Å². The van der Waals surface area contributed by atoms with E-state index in [4.69, 9.17) is 0 Å². The zero-order valence-electron chi connectivity index (χ0n) is 14.7. The van der Waals surface area contributed by atoms with Gasteiger partial charge in [0.2, 0.25) is 0 Å². The minimum atomic E-state index is -0.0213. The fraction of sp³-hybridized carbons (Fsp3) is 0.500. The van der Waals surface area contributed by atoms with E-state index in [1.165, 1.54) is 6.42 Å². The number of hydrogen-bond donors (Lipinski definition) is 1. The van der Waals surface area contributed by atoms with Crippen molar-refractivity contribution in [3.63, 3.8) is 0 Å². The summed E-state index contributed by atoms with van der Waals surface area (Å²) in [6, 6.07) is 11.5. The Morgan fingerprint density at radius 3 is 2.72 bits per heavy atom. The van der Waals surface area contributed by atoms with Crippen molar-refractivity contribution in [1.29, 1.82) is 0 Å². The minimum Gasteiger partial charge on any atom is -0.396 e. The smallest absolute Gasteiger partial charge is 0.274 e. The number of aryl methyl sites for hydroxylation is 1. The monoisotopic (exact) mass is 341 g/mol. The molecule has 5 heteroatoms. The van der Waals surface area contributed by atoms with E-state index in [-0.39, 0.29) is 5.56 Å². The van der Waals surface area contributed by atoms with Crippen molar-refractivity contribution in [1.82, 2.24) is 14.7 Å². The van der Waals surface area contributed by atoms with Gasteiger partial charge in [-0.2, -0.15) is 5.10 Å². The van der Waals surface area contributed by atoms with Gasteiger partial charge in [0, 0.05) is 25.9 Å². The third kappa shape index (κ3) is 4.77. The molecule has 5 nitrogen and oxygen atoms in total. The van der Waals surface area contributed by atoms with Crippen molar-refractivity contribution in [3.8, 4) is 11.1 Å². The van der Waals surface area contributed by atoms with Gasteiger partial charge in [-0.3, -0.25) is 4.79 Å². The van der Waals surface area contributed by atoms with Crippen LogP contribution in [0.3, 0.4) is 0 Å². The highest BCUT2D eigenvalue weighted by Crippen LogP contribution is 2.16. The van der Waals surface area contributed by atoms with Gasteiger partial charge >= 0.3 is 0 Å². The molecule has 134 valence electrons. The molecule has 0 saturated carbocycles. The molecule has 1 aliphatic heterocycles. The highest BCUT2D eigenvalue weighted by Gasteiger charge is 2.18. The summed E-state index contributed by atoms with van der Waals surface area (Å²) in [4.78, 5) is 15.0. The standard InChI is InChI=1S/C20H27N3O2/c24-16-17-7-6-13-22(15-17)12-4-5-14-23-20(25)19(10-11-21-23)18-8-2-1-3-9-18/h1-3,8-11,17,24H,4-7,12-16H2. The number of benzene rings is 1. The van der Waals surface area contributed by atoms with Crippen molar-refractivity contribution in [2.45, 2.75) is 32.2 Å². The molecule has 0 bridgehead atoms. The van der Waals surface area contributed by atoms with Gasteiger partial charge in [-0.05, 0) is 56.3 Å². The van der Waals surface area contributed by atoms with Crippen LogP contribution in [0.1, 0.15) is 25.7 Å². The molecule has 0 radical (unpaired) electrons. The van der Waals surface area contributed by atoms with Crippen molar-refractivity contribution in [2.75, 3.05) is 26.2 Å². The lowest BCUT2D eigenvalue weighted by Crippen LogP contribution is -2.37. The minimum absolute atomic E-state index is 0.0213. The predicted octanol–water partition coefficient (Wildman–Crippen LogP) is 2.39. The molecule has 1 unspecified atom stereocenters. The van der Waals surface area contributed by atoms with Crippen molar-refractivity contribution >= 4 is 0 Å². The zero-order valence-corrected chi connectivity index (χ0v) is 14.7. The molecule has 0 amide bonds. The number of aliphatic hydroxyl groups is 1. The Bertz CT molecular complexity index is 714. The summed E-state index contributed by atoms with van der Waals surface area (Å²) < 4.78 is 1.58. The summed E-state index contributed by atoms with van der Waals surface area (Å²) in [7, 11) is 0. The molecule has 1 fully saturated rings. The van der Waals surface area contributed by atoms with Crippen molar-refractivity contribution < 1.29 is 5.11 Å². The molecule has 1 N–H and O–H groups in total. The lowest BCUT2D eigenvalue weighted by atomic mass is 9.99. The molecule has 1 saturated heterocycles. The molecule has 0 spiro atoms. The lowest BCUT2D eigenvalue weighted by Gasteiger charge is -2.31. The number of aliphatic hydroxyl groups excluding tert-OH is 1. The van der Waals surface area contributed by atoms with E-state index in [9.17, 15) is 9.90 Å². The SMILES string of the molecule is O=c1c(-c2ccccc2)ccnn1CCCCN1CCCC(CO)C1. The second-order valence-electron chi connectivity index (χ2n) is 6.84. The molecule has 1 aromatic heterocycles. The molecule has 2 aromatic rings. The molecule has 0 aliphatic carbocycles. The van der Waals surface area contributed by atoms with Crippen molar-refractivity contribution in [3.05, 3.63) is 52.9 Å². The molecular formula is C20H27N3O2. The largest absolute Gasteiger partial charge is 0.396 e. The van der Waals surface area contributed by atoms with Crippen LogP contribution in [0.4, 0.5) is 0 Å². The summed E-state index contributed by atoms with van der Waals surface area (Å²) in [6.07, 6.45) is 6.00. The first kappa shape index (κ1) is 17.8. The summed E-state index contributed by atoms with van der Waals surface area (Å²) in [6.45, 7) is 4.10. The summed E-state index contributed by atoms with van der Waals surface area (Å²) in [5, 5.41) is 13.5. The number of likely N-dealkylation sites (tertiary alicyclic amines) is 1. The number of rotatable bonds is 7. The van der Waals surface area contributed by atoms with Crippen LogP contribution in [-0.4, -0.2) is 46.0 Å². The normalized spacial score (nSPS) is 18.4. The van der Waals surface area contributed by atoms with Crippen LogP contribution < -0.4 is 5.56 Å². The van der Waals surface area contributed by atoms with Crippen LogP contribution >= 0.6 is 0 Å². The van der Waals surface area contributed by atoms with Gasteiger partial charge in [-0.15, -0.1) is 0 Å². The number of aromatic nitrogens is 2. The van der Waals surface area contributed by atoms with Crippen LogP contribution in [-0.2, 0) is 6.54 Å². The topological polar surface area (TPSA) is 58.4 Å². The quantitative estimate of drug-likeness (QED) is 0.786. The zero-order chi connectivity index (χ0) is 17.5. The fourth-order valence-electron chi connectivity index (χ4n) is 3.55. The van der Waals surface area contributed by atoms with Gasteiger partial charge in [-0.1, -0.05) is 30.3 Å². The van der Waals surface area contributed by atoms with E-state index in [2.05, 4.69) is 10.00 Å². The first-order valence-corrected chi connectivity index (χ1v) is 9.22. The summed E-state index contributed by atoms with van der Waals surface area (Å²) in [5.41, 5.74) is 1.62. The summed E-state index contributed by atoms with van der Waals surface area (Å²) in [5.74, 6) is 0.431. The van der Waals surface area contributed by atoms with Crippen LogP contribution in [0.5, 0.6) is 0 Å². The van der Waals surface area contributed by atoms with Crippen LogP contribution in [0, 0.1) is 5.92 Å². The predicted molar refractivity (Wildman–Crippen MR) is 99.4 cm³/mol. The van der Waals surface area contributed by atoms with E-state index in [0.29, 0.717) is 24.6 Å². The molecule has 1 aliphatic rings. The van der Waals surface area contributed by atoms with Gasteiger partial charge in [0.15, 0.2) is 0 Å². The Morgan fingerprint density at radius 1 is 1.12 bits per heavy atom. The third-order valence-corrected chi connectivity index (χ3v) is 4.95. The van der Waals surface area contributed by atoms with Gasteiger partial charge in [0.1, 0.15) is 0 Å². The number of piperidine rings is 1. The fourth-order valence-corrected chi connectivity index (χ4v) is 3.55.